The molecule has 0 amide bonds. The van der Waals surface area contributed by atoms with Crippen LogP contribution in [0.25, 0.3) is 0 Å². The van der Waals surface area contributed by atoms with Crippen LogP contribution in [0.3, 0.4) is 0 Å². The van der Waals surface area contributed by atoms with E-state index in [0.717, 1.165) is 0 Å². The standard InChI is InChI=1S/C9H5FN2O/c1-13-8-3-6(4-11)2-7(5-12)9(8)10/h2-3H,1H3. The van der Waals surface area contributed by atoms with E-state index in [9.17, 15) is 4.39 Å². The number of rotatable bonds is 1. The predicted molar refractivity (Wildman–Crippen MR) is 42.4 cm³/mol. The first kappa shape index (κ1) is 9.02. The Morgan fingerprint density at radius 1 is 1.31 bits per heavy atom. The van der Waals surface area contributed by atoms with E-state index < -0.39 is 5.82 Å². The number of nitrogens with zero attached hydrogens (tertiary/aromatic N) is 2. The van der Waals surface area contributed by atoms with Gasteiger partial charge in [0.2, 0.25) is 0 Å². The summed E-state index contributed by atoms with van der Waals surface area (Å²) < 4.78 is 17.8. The summed E-state index contributed by atoms with van der Waals surface area (Å²) in [6, 6.07) is 5.87. The molecular formula is C9H5FN2O. The molecule has 0 radical (unpaired) electrons. The lowest BCUT2D eigenvalue weighted by Gasteiger charge is -2.02. The maximum Gasteiger partial charge on any atom is 0.182 e. The lowest BCUT2D eigenvalue weighted by molar-refractivity contribution is 0.386. The van der Waals surface area contributed by atoms with Gasteiger partial charge in [-0.3, -0.25) is 0 Å². The van der Waals surface area contributed by atoms with E-state index in [2.05, 4.69) is 4.74 Å². The molecular weight excluding hydrogens is 171 g/mol. The molecule has 0 heterocycles. The third-order valence-corrected chi connectivity index (χ3v) is 1.51. The van der Waals surface area contributed by atoms with Crippen LogP contribution in [-0.4, -0.2) is 7.11 Å². The molecule has 1 aromatic rings. The van der Waals surface area contributed by atoms with Gasteiger partial charge in [-0.15, -0.1) is 0 Å². The minimum absolute atomic E-state index is 0.0874. The molecule has 13 heavy (non-hydrogen) atoms. The molecule has 0 fully saturated rings. The second-order valence-corrected chi connectivity index (χ2v) is 2.26. The average Bonchev–Trinajstić information content (AvgIpc) is 2.18. The van der Waals surface area contributed by atoms with E-state index in [-0.39, 0.29) is 16.9 Å². The van der Waals surface area contributed by atoms with E-state index in [0.29, 0.717) is 0 Å². The highest BCUT2D eigenvalue weighted by molar-refractivity contribution is 5.46. The Hall–Kier alpha value is -2.07. The molecule has 0 N–H and O–H groups in total. The minimum Gasteiger partial charge on any atom is -0.494 e. The lowest BCUT2D eigenvalue weighted by atomic mass is 10.1. The third kappa shape index (κ3) is 1.57. The summed E-state index contributed by atoms with van der Waals surface area (Å²) in [6.45, 7) is 0. The second kappa shape index (κ2) is 3.55. The van der Waals surface area contributed by atoms with Crippen LogP contribution in [0, 0.1) is 28.5 Å². The van der Waals surface area contributed by atoms with Crippen LogP contribution in [0.4, 0.5) is 4.39 Å². The Kier molecular flexibility index (Phi) is 2.47. The molecule has 0 saturated carbocycles. The van der Waals surface area contributed by atoms with Crippen molar-refractivity contribution >= 4 is 0 Å². The molecule has 0 aliphatic carbocycles. The molecule has 0 spiro atoms. The predicted octanol–water partition coefficient (Wildman–Crippen LogP) is 1.58. The summed E-state index contributed by atoms with van der Waals surface area (Å²) in [6.07, 6.45) is 0. The quantitative estimate of drug-likeness (QED) is 0.652. The summed E-state index contributed by atoms with van der Waals surface area (Å²) in [5, 5.41) is 17.0. The van der Waals surface area contributed by atoms with Crippen LogP contribution < -0.4 is 4.74 Å². The lowest BCUT2D eigenvalue weighted by Crippen LogP contribution is -1.93. The number of ether oxygens (including phenoxy) is 1. The fraction of sp³-hybridized carbons (Fsp3) is 0.111. The van der Waals surface area contributed by atoms with Crippen molar-refractivity contribution < 1.29 is 9.13 Å². The van der Waals surface area contributed by atoms with E-state index >= 15 is 0 Å². The maximum absolute atomic E-state index is 13.1. The first-order valence-electron chi connectivity index (χ1n) is 3.40. The molecule has 3 nitrogen and oxygen atoms in total. The van der Waals surface area contributed by atoms with Gasteiger partial charge in [-0.05, 0) is 6.07 Å². The molecule has 1 rings (SSSR count). The molecule has 0 saturated heterocycles. The Morgan fingerprint density at radius 2 is 2.00 bits per heavy atom. The Balaban J connectivity index is 3.42. The zero-order chi connectivity index (χ0) is 9.84. The van der Waals surface area contributed by atoms with E-state index in [1.165, 1.54) is 19.2 Å². The van der Waals surface area contributed by atoms with Gasteiger partial charge in [-0.25, -0.2) is 4.39 Å². The van der Waals surface area contributed by atoms with Crippen molar-refractivity contribution in [1.29, 1.82) is 10.5 Å². The van der Waals surface area contributed by atoms with Crippen LogP contribution >= 0.6 is 0 Å². The number of halogens is 1. The highest BCUT2D eigenvalue weighted by Crippen LogP contribution is 2.21. The molecule has 64 valence electrons. The number of hydrogen-bond acceptors (Lipinski definition) is 3. The van der Waals surface area contributed by atoms with Gasteiger partial charge >= 0.3 is 0 Å². The van der Waals surface area contributed by atoms with Gasteiger partial charge in [0.05, 0.1) is 24.3 Å². The summed E-state index contributed by atoms with van der Waals surface area (Å²) in [5.41, 5.74) is 0.0192. The smallest absolute Gasteiger partial charge is 0.182 e. The zero-order valence-electron chi connectivity index (χ0n) is 6.84. The minimum atomic E-state index is -0.732. The van der Waals surface area contributed by atoms with Crippen LogP contribution in [0.5, 0.6) is 5.75 Å². The van der Waals surface area contributed by atoms with Gasteiger partial charge in [0.15, 0.2) is 11.6 Å². The summed E-state index contributed by atoms with van der Waals surface area (Å²) in [7, 11) is 1.28. The SMILES string of the molecule is COc1cc(C#N)cc(C#N)c1F. The number of nitriles is 2. The van der Waals surface area contributed by atoms with Gasteiger partial charge in [0.1, 0.15) is 6.07 Å². The first-order valence-corrected chi connectivity index (χ1v) is 3.40. The first-order chi connectivity index (χ1) is 6.22. The van der Waals surface area contributed by atoms with Crippen LogP contribution in [0.2, 0.25) is 0 Å². The maximum atomic E-state index is 13.1. The summed E-state index contributed by atoms with van der Waals surface area (Å²) in [4.78, 5) is 0. The van der Waals surface area contributed by atoms with Crippen molar-refractivity contribution in [1.82, 2.24) is 0 Å². The number of methoxy groups -OCH3 is 1. The van der Waals surface area contributed by atoms with Crippen LogP contribution in [0.1, 0.15) is 11.1 Å². The van der Waals surface area contributed by atoms with Crippen molar-refractivity contribution in [2.75, 3.05) is 7.11 Å². The van der Waals surface area contributed by atoms with Crippen LogP contribution in [-0.2, 0) is 0 Å². The summed E-state index contributed by atoms with van der Waals surface area (Å²) in [5.74, 6) is -0.820. The van der Waals surface area contributed by atoms with Gasteiger partial charge in [0.25, 0.3) is 0 Å². The molecule has 0 bridgehead atoms. The van der Waals surface area contributed by atoms with Crippen molar-refractivity contribution in [3.8, 4) is 17.9 Å². The van der Waals surface area contributed by atoms with Gasteiger partial charge in [0, 0.05) is 6.07 Å². The van der Waals surface area contributed by atoms with E-state index in [1.807, 2.05) is 0 Å². The summed E-state index contributed by atoms with van der Waals surface area (Å²) >= 11 is 0. The topological polar surface area (TPSA) is 56.8 Å². The third-order valence-electron chi connectivity index (χ3n) is 1.51. The molecule has 0 atom stereocenters. The molecule has 0 unspecified atom stereocenters. The molecule has 0 aromatic heterocycles. The van der Waals surface area contributed by atoms with E-state index in [4.69, 9.17) is 10.5 Å². The molecule has 4 heteroatoms. The normalized spacial score (nSPS) is 8.62. The van der Waals surface area contributed by atoms with Gasteiger partial charge in [-0.2, -0.15) is 10.5 Å². The molecule has 0 aliphatic heterocycles. The fourth-order valence-electron chi connectivity index (χ4n) is 0.892. The number of benzene rings is 1. The van der Waals surface area contributed by atoms with Crippen molar-refractivity contribution in [2.45, 2.75) is 0 Å². The van der Waals surface area contributed by atoms with Crippen molar-refractivity contribution in [3.63, 3.8) is 0 Å². The highest BCUT2D eigenvalue weighted by atomic mass is 19.1. The largest absolute Gasteiger partial charge is 0.494 e. The second-order valence-electron chi connectivity index (χ2n) is 2.26. The average molecular weight is 176 g/mol. The van der Waals surface area contributed by atoms with Crippen molar-refractivity contribution in [2.24, 2.45) is 0 Å². The zero-order valence-corrected chi connectivity index (χ0v) is 6.84. The Labute approximate surface area is 74.6 Å². The Morgan fingerprint density at radius 3 is 2.46 bits per heavy atom. The van der Waals surface area contributed by atoms with E-state index in [1.54, 1.807) is 12.1 Å². The monoisotopic (exact) mass is 176 g/mol. The molecule has 1 aromatic carbocycles. The van der Waals surface area contributed by atoms with Gasteiger partial charge in [-0.1, -0.05) is 0 Å². The highest BCUT2D eigenvalue weighted by Gasteiger charge is 2.10. The van der Waals surface area contributed by atoms with Gasteiger partial charge < -0.3 is 4.74 Å². The van der Waals surface area contributed by atoms with Crippen LogP contribution in [0.15, 0.2) is 12.1 Å². The molecule has 0 aliphatic rings. The fourth-order valence-corrected chi connectivity index (χ4v) is 0.892. The number of hydrogen-bond donors (Lipinski definition) is 0. The Bertz CT molecular complexity index is 415. The van der Waals surface area contributed by atoms with Crippen molar-refractivity contribution in [3.05, 3.63) is 29.1 Å².